The minimum atomic E-state index is 0.0318. The molecule has 0 aromatic carbocycles. The summed E-state index contributed by atoms with van der Waals surface area (Å²) in [5, 5.41) is 9.56. The topological polar surface area (TPSA) is 97.5 Å². The fourth-order valence-corrected chi connectivity index (χ4v) is 4.65. The van der Waals surface area contributed by atoms with Gasteiger partial charge in [0.05, 0.1) is 24.1 Å². The summed E-state index contributed by atoms with van der Waals surface area (Å²) < 4.78 is 7.69. The highest BCUT2D eigenvalue weighted by molar-refractivity contribution is 6.00. The molecule has 5 heterocycles. The van der Waals surface area contributed by atoms with E-state index in [9.17, 15) is 4.79 Å². The lowest BCUT2D eigenvalue weighted by atomic mass is 10.1. The van der Waals surface area contributed by atoms with Crippen molar-refractivity contribution in [2.24, 2.45) is 5.92 Å². The molecule has 1 amide bonds. The number of hydrogen-bond donors (Lipinski definition) is 1. The molecule has 0 spiro atoms. The minimum absolute atomic E-state index is 0.0318. The lowest BCUT2D eigenvalue weighted by Crippen LogP contribution is -2.45. The molecule has 2 fully saturated rings. The number of morpholine rings is 1. The maximum atomic E-state index is 12.2. The lowest BCUT2D eigenvalue weighted by Gasteiger charge is -2.36. The van der Waals surface area contributed by atoms with Gasteiger partial charge < -0.3 is 15.0 Å². The van der Waals surface area contributed by atoms with Gasteiger partial charge >= 0.3 is 0 Å². The second-order valence-electron chi connectivity index (χ2n) is 9.42. The first-order chi connectivity index (χ1) is 16.4. The number of carbonyl (C=O) groups excluding carboxylic acids is 1. The monoisotopic (exact) mass is 457 g/mol. The third-order valence-corrected chi connectivity index (χ3v) is 6.51. The van der Waals surface area contributed by atoms with Gasteiger partial charge in [0.1, 0.15) is 5.82 Å². The average Bonchev–Trinajstić information content (AvgIpc) is 3.58. The molecule has 0 unspecified atom stereocenters. The molecule has 1 saturated carbocycles. The second-order valence-corrected chi connectivity index (χ2v) is 9.42. The van der Waals surface area contributed by atoms with Gasteiger partial charge in [-0.25, -0.2) is 14.5 Å². The molecular weight excluding hydrogens is 430 g/mol. The number of pyridine rings is 3. The van der Waals surface area contributed by atoms with Gasteiger partial charge in [0.25, 0.3) is 0 Å². The van der Waals surface area contributed by atoms with Crippen LogP contribution in [0.1, 0.15) is 32.4 Å². The van der Waals surface area contributed by atoms with Crippen molar-refractivity contribution >= 4 is 33.8 Å². The quantitative estimate of drug-likeness (QED) is 0.500. The summed E-state index contributed by atoms with van der Waals surface area (Å²) in [5.41, 5.74) is 3.53. The molecule has 9 heteroatoms. The molecule has 1 N–H and O–H groups in total. The van der Waals surface area contributed by atoms with E-state index in [0.717, 1.165) is 59.3 Å². The zero-order valence-corrected chi connectivity index (χ0v) is 19.5. The molecule has 4 aromatic rings. The molecule has 174 valence electrons. The van der Waals surface area contributed by atoms with E-state index in [1.165, 1.54) is 0 Å². The van der Waals surface area contributed by atoms with Crippen LogP contribution >= 0.6 is 0 Å². The number of nitrogens with zero attached hydrogens (tertiary/aromatic N) is 6. The van der Waals surface area contributed by atoms with Crippen LogP contribution in [0.5, 0.6) is 0 Å². The van der Waals surface area contributed by atoms with Crippen LogP contribution in [0.25, 0.3) is 27.8 Å². The number of aromatic nitrogens is 5. The van der Waals surface area contributed by atoms with Gasteiger partial charge in [-0.3, -0.25) is 9.78 Å². The van der Waals surface area contributed by atoms with Crippen molar-refractivity contribution in [2.45, 2.75) is 45.8 Å². The number of carbonyl (C=O) groups is 1. The van der Waals surface area contributed by atoms with Crippen molar-refractivity contribution in [3.8, 4) is 11.4 Å². The number of rotatable bonds is 4. The first-order valence-corrected chi connectivity index (χ1v) is 11.8. The first kappa shape index (κ1) is 21.0. The van der Waals surface area contributed by atoms with E-state index >= 15 is 0 Å². The van der Waals surface area contributed by atoms with Crippen LogP contribution in [-0.4, -0.2) is 55.8 Å². The Bertz CT molecular complexity index is 1400. The number of fused-ring (bicyclic) bond motifs is 2. The van der Waals surface area contributed by atoms with Crippen LogP contribution < -0.4 is 10.2 Å². The maximum absolute atomic E-state index is 12.2. The molecule has 1 aliphatic heterocycles. The van der Waals surface area contributed by atoms with Crippen LogP contribution in [-0.2, 0) is 9.53 Å². The molecule has 0 radical (unpaired) electrons. The zero-order valence-electron chi connectivity index (χ0n) is 19.5. The van der Waals surface area contributed by atoms with Gasteiger partial charge in [-0.15, -0.1) is 5.10 Å². The highest BCUT2D eigenvalue weighted by Crippen LogP contribution is 2.32. The van der Waals surface area contributed by atoms with Crippen molar-refractivity contribution in [2.75, 3.05) is 23.3 Å². The van der Waals surface area contributed by atoms with E-state index in [1.807, 2.05) is 29.8 Å². The maximum Gasteiger partial charge on any atom is 0.228 e. The zero-order chi connectivity index (χ0) is 23.4. The minimum Gasteiger partial charge on any atom is -0.372 e. The van der Waals surface area contributed by atoms with Crippen LogP contribution in [0.4, 0.5) is 11.5 Å². The third-order valence-electron chi connectivity index (χ3n) is 6.51. The third kappa shape index (κ3) is 3.86. The van der Waals surface area contributed by atoms with Crippen molar-refractivity contribution in [3.63, 3.8) is 0 Å². The smallest absolute Gasteiger partial charge is 0.228 e. The summed E-state index contributed by atoms with van der Waals surface area (Å²) in [6, 6.07) is 5.97. The molecule has 2 atom stereocenters. The molecule has 9 nitrogen and oxygen atoms in total. The van der Waals surface area contributed by atoms with E-state index < -0.39 is 0 Å². The van der Waals surface area contributed by atoms with Crippen molar-refractivity contribution in [1.29, 1.82) is 0 Å². The van der Waals surface area contributed by atoms with E-state index in [2.05, 4.69) is 40.1 Å². The Morgan fingerprint density at radius 1 is 1.09 bits per heavy atom. The van der Waals surface area contributed by atoms with E-state index in [4.69, 9.17) is 14.8 Å². The Morgan fingerprint density at radius 2 is 1.88 bits per heavy atom. The molecular formula is C25H27N7O2. The van der Waals surface area contributed by atoms with Crippen LogP contribution in [0, 0.1) is 12.8 Å². The van der Waals surface area contributed by atoms with Crippen LogP contribution in [0.3, 0.4) is 0 Å². The van der Waals surface area contributed by atoms with Gasteiger partial charge in [-0.1, -0.05) is 0 Å². The SMILES string of the molecule is Cc1ncc(-c2nc3ccc(N4C[C@@H](C)O[C@@H](C)C4)cn3n2)c2cc(NC(=O)C3CC3)ncc12. The first-order valence-electron chi connectivity index (χ1n) is 11.8. The summed E-state index contributed by atoms with van der Waals surface area (Å²) in [4.78, 5) is 28.3. The Kier molecular flexibility index (Phi) is 4.95. The van der Waals surface area contributed by atoms with Crippen molar-refractivity contribution < 1.29 is 9.53 Å². The lowest BCUT2D eigenvalue weighted by molar-refractivity contribution is -0.117. The molecule has 34 heavy (non-hydrogen) atoms. The summed E-state index contributed by atoms with van der Waals surface area (Å²) in [6.07, 6.45) is 7.83. The highest BCUT2D eigenvalue weighted by atomic mass is 16.5. The molecule has 0 bridgehead atoms. The predicted molar refractivity (Wildman–Crippen MR) is 130 cm³/mol. The Labute approximate surface area is 197 Å². The van der Waals surface area contributed by atoms with Gasteiger partial charge in [0.15, 0.2) is 11.5 Å². The largest absolute Gasteiger partial charge is 0.372 e. The van der Waals surface area contributed by atoms with Gasteiger partial charge in [0, 0.05) is 53.4 Å². The van der Waals surface area contributed by atoms with Crippen molar-refractivity contribution in [3.05, 3.63) is 42.5 Å². The predicted octanol–water partition coefficient (Wildman–Crippen LogP) is 3.61. The highest BCUT2D eigenvalue weighted by Gasteiger charge is 2.30. The second kappa shape index (κ2) is 8.02. The Hall–Kier alpha value is -3.59. The number of nitrogens with one attached hydrogen (secondary N) is 1. The number of anilines is 2. The van der Waals surface area contributed by atoms with Crippen molar-refractivity contribution in [1.82, 2.24) is 24.6 Å². The average molecular weight is 458 g/mol. The number of aryl methyl sites for hydroxylation is 1. The van der Waals surface area contributed by atoms with Crippen LogP contribution in [0.2, 0.25) is 0 Å². The summed E-state index contributed by atoms with van der Waals surface area (Å²) in [6.45, 7) is 7.82. The number of amides is 1. The van der Waals surface area contributed by atoms with E-state index in [0.29, 0.717) is 11.6 Å². The number of ether oxygens (including phenoxy) is 1. The summed E-state index contributed by atoms with van der Waals surface area (Å²) >= 11 is 0. The fourth-order valence-electron chi connectivity index (χ4n) is 4.65. The summed E-state index contributed by atoms with van der Waals surface area (Å²) in [7, 11) is 0. The number of hydrogen-bond acceptors (Lipinski definition) is 7. The molecule has 6 rings (SSSR count). The van der Waals surface area contributed by atoms with Gasteiger partial charge in [-0.2, -0.15) is 0 Å². The molecule has 4 aromatic heterocycles. The Morgan fingerprint density at radius 3 is 2.65 bits per heavy atom. The fraction of sp³-hybridized carbons (Fsp3) is 0.400. The van der Waals surface area contributed by atoms with E-state index in [1.54, 1.807) is 12.4 Å². The standard InChI is InChI=1S/C25H27N7O2/c1-14-11-31(12-15(2)34-14)18-6-7-23-29-24(30-32(23)13-18)21-10-26-16(3)20-9-27-22(8-19(20)21)28-25(33)17-4-5-17/h6-10,13-15,17H,4-5,11-12H2,1-3H3,(H,27,28,33)/t14-,15+. The van der Waals surface area contributed by atoms with E-state index in [-0.39, 0.29) is 24.0 Å². The summed E-state index contributed by atoms with van der Waals surface area (Å²) in [5.74, 6) is 1.27. The molecule has 1 saturated heterocycles. The molecule has 2 aliphatic rings. The molecule has 1 aliphatic carbocycles. The Balaban J connectivity index is 1.38. The van der Waals surface area contributed by atoms with Gasteiger partial charge in [-0.05, 0) is 51.8 Å². The van der Waals surface area contributed by atoms with Gasteiger partial charge in [0.2, 0.25) is 5.91 Å². The van der Waals surface area contributed by atoms with Crippen LogP contribution in [0.15, 0.2) is 36.8 Å². The normalized spacial score (nSPS) is 20.7.